The van der Waals surface area contributed by atoms with Crippen molar-refractivity contribution >= 4 is 34.1 Å². The van der Waals surface area contributed by atoms with Gasteiger partial charge in [0.2, 0.25) is 5.91 Å². The number of benzene rings is 1. The minimum atomic E-state index is 0.119. The summed E-state index contributed by atoms with van der Waals surface area (Å²) in [6.07, 6.45) is 6.87. The van der Waals surface area contributed by atoms with Crippen molar-refractivity contribution in [2.45, 2.75) is 25.0 Å². The number of carbonyl (C=O) groups excluding carboxylic acids is 1. The van der Waals surface area contributed by atoms with Crippen LogP contribution in [-0.2, 0) is 18.4 Å². The number of thioether (sulfide) groups is 1. The number of hydrogen-bond donors (Lipinski definition) is 0. The second-order valence-electron chi connectivity index (χ2n) is 7.81. The van der Waals surface area contributed by atoms with Gasteiger partial charge in [0.25, 0.3) is 0 Å². The van der Waals surface area contributed by atoms with Crippen LogP contribution < -0.4 is 0 Å². The molecule has 1 aliphatic rings. The molecule has 8 heteroatoms. The van der Waals surface area contributed by atoms with Crippen molar-refractivity contribution in [1.29, 1.82) is 0 Å². The van der Waals surface area contributed by atoms with E-state index in [1.807, 2.05) is 28.5 Å². The van der Waals surface area contributed by atoms with Gasteiger partial charge in [0.05, 0.1) is 12.0 Å². The van der Waals surface area contributed by atoms with E-state index in [9.17, 15) is 4.79 Å². The number of carbonyl (C=O) groups is 1. The Kier molecular flexibility index (Phi) is 5.61. The molecule has 32 heavy (non-hydrogen) atoms. The molecule has 0 radical (unpaired) electrons. The topological polar surface area (TPSA) is 69.1 Å². The fourth-order valence-electron chi connectivity index (χ4n) is 4.22. The average Bonchev–Trinajstić information content (AvgIpc) is 3.56. The van der Waals surface area contributed by atoms with Crippen LogP contribution in [0.2, 0.25) is 0 Å². The summed E-state index contributed by atoms with van der Waals surface area (Å²) in [6, 6.07) is 12.1. The van der Waals surface area contributed by atoms with Gasteiger partial charge in [-0.1, -0.05) is 36.0 Å². The van der Waals surface area contributed by atoms with Crippen LogP contribution in [0, 0.1) is 0 Å². The first-order valence-corrected chi connectivity index (χ1v) is 11.8. The molecule has 0 saturated heterocycles. The summed E-state index contributed by atoms with van der Waals surface area (Å²) in [5, 5.41) is 10.5. The first-order chi connectivity index (χ1) is 15.7. The summed E-state index contributed by atoms with van der Waals surface area (Å²) in [5.41, 5.74) is 3.81. The van der Waals surface area contributed by atoms with E-state index in [-0.39, 0.29) is 5.91 Å². The van der Waals surface area contributed by atoms with E-state index in [1.54, 1.807) is 6.26 Å². The molecule has 3 aromatic heterocycles. The van der Waals surface area contributed by atoms with Crippen LogP contribution in [0.5, 0.6) is 0 Å². The predicted molar refractivity (Wildman–Crippen MR) is 126 cm³/mol. The molecule has 0 saturated carbocycles. The molecule has 5 rings (SSSR count). The van der Waals surface area contributed by atoms with E-state index in [0.717, 1.165) is 18.1 Å². The summed E-state index contributed by atoms with van der Waals surface area (Å²) in [4.78, 5) is 14.8. The Morgan fingerprint density at radius 2 is 2.06 bits per heavy atom. The SMILES string of the molecule is CCn1c(SCC(=O)N2CC=C(c3cn(C)c4ccccc34)CC2)nnc1-c1ccco1. The van der Waals surface area contributed by atoms with Gasteiger partial charge in [-0.2, -0.15) is 0 Å². The van der Waals surface area contributed by atoms with Crippen LogP contribution in [0.3, 0.4) is 0 Å². The molecule has 1 aliphatic heterocycles. The fraction of sp³-hybridized carbons (Fsp3) is 0.292. The summed E-state index contributed by atoms with van der Waals surface area (Å²) in [7, 11) is 2.08. The van der Waals surface area contributed by atoms with Gasteiger partial charge in [0, 0.05) is 49.3 Å². The molecule has 0 spiro atoms. The lowest BCUT2D eigenvalue weighted by atomic mass is 9.99. The molecule has 7 nitrogen and oxygen atoms in total. The van der Waals surface area contributed by atoms with Gasteiger partial charge in [-0.05, 0) is 37.1 Å². The third kappa shape index (κ3) is 3.75. The van der Waals surface area contributed by atoms with Crippen LogP contribution >= 0.6 is 11.8 Å². The molecule has 0 N–H and O–H groups in total. The first-order valence-electron chi connectivity index (χ1n) is 10.8. The van der Waals surface area contributed by atoms with Gasteiger partial charge < -0.3 is 13.9 Å². The van der Waals surface area contributed by atoms with Gasteiger partial charge in [0.1, 0.15) is 0 Å². The molecule has 0 unspecified atom stereocenters. The highest BCUT2D eigenvalue weighted by atomic mass is 32.2. The zero-order valence-corrected chi connectivity index (χ0v) is 19.0. The third-order valence-corrected chi connectivity index (χ3v) is 6.86. The number of furan rings is 1. The largest absolute Gasteiger partial charge is 0.461 e. The van der Waals surface area contributed by atoms with Gasteiger partial charge in [-0.15, -0.1) is 10.2 Å². The second kappa shape index (κ2) is 8.70. The lowest BCUT2D eigenvalue weighted by Gasteiger charge is -2.26. The molecule has 0 aliphatic carbocycles. The molecule has 0 fully saturated rings. The molecule has 164 valence electrons. The highest BCUT2D eigenvalue weighted by Gasteiger charge is 2.22. The van der Waals surface area contributed by atoms with Crippen molar-refractivity contribution in [1.82, 2.24) is 24.2 Å². The van der Waals surface area contributed by atoms with Crippen molar-refractivity contribution in [3.8, 4) is 11.6 Å². The summed E-state index contributed by atoms with van der Waals surface area (Å²) in [6.45, 7) is 4.11. The van der Waals surface area contributed by atoms with Gasteiger partial charge in [-0.3, -0.25) is 9.36 Å². The van der Waals surface area contributed by atoms with Crippen molar-refractivity contribution in [2.24, 2.45) is 7.05 Å². The first kappa shape index (κ1) is 20.6. The maximum absolute atomic E-state index is 12.9. The number of aryl methyl sites for hydroxylation is 1. The molecule has 4 heterocycles. The van der Waals surface area contributed by atoms with Crippen molar-refractivity contribution < 1.29 is 9.21 Å². The maximum Gasteiger partial charge on any atom is 0.233 e. The zero-order chi connectivity index (χ0) is 22.1. The minimum Gasteiger partial charge on any atom is -0.461 e. The van der Waals surface area contributed by atoms with Crippen molar-refractivity contribution in [2.75, 3.05) is 18.8 Å². The van der Waals surface area contributed by atoms with Crippen LogP contribution in [0.25, 0.3) is 28.1 Å². The Labute approximate surface area is 190 Å². The van der Waals surface area contributed by atoms with Crippen molar-refractivity contribution in [3.05, 3.63) is 60.5 Å². The summed E-state index contributed by atoms with van der Waals surface area (Å²) < 4.78 is 9.60. The minimum absolute atomic E-state index is 0.119. The maximum atomic E-state index is 12.9. The lowest BCUT2D eigenvalue weighted by Crippen LogP contribution is -2.35. The third-order valence-electron chi connectivity index (χ3n) is 5.90. The Balaban J connectivity index is 1.25. The summed E-state index contributed by atoms with van der Waals surface area (Å²) >= 11 is 1.43. The normalized spacial score (nSPS) is 14.2. The molecule has 1 aromatic carbocycles. The van der Waals surface area contributed by atoms with Gasteiger partial charge >= 0.3 is 0 Å². The lowest BCUT2D eigenvalue weighted by molar-refractivity contribution is -0.127. The quantitative estimate of drug-likeness (QED) is 0.408. The zero-order valence-electron chi connectivity index (χ0n) is 18.2. The fourth-order valence-corrected chi connectivity index (χ4v) is 5.13. The predicted octanol–water partition coefficient (Wildman–Crippen LogP) is 4.46. The van der Waals surface area contributed by atoms with Crippen LogP contribution in [0.15, 0.2) is 64.5 Å². The molecule has 0 atom stereocenters. The standard InChI is InChI=1S/C24H25N5O2S/c1-3-29-23(21-9-6-14-31-21)25-26-24(29)32-16-22(30)28-12-10-17(11-13-28)19-15-27(2)20-8-5-4-7-18(19)20/h4-10,14-15H,3,11-13,16H2,1-2H3. The number of fused-ring (bicyclic) bond motifs is 1. The van der Waals surface area contributed by atoms with E-state index in [0.29, 0.717) is 30.4 Å². The van der Waals surface area contributed by atoms with E-state index in [1.165, 1.54) is 33.8 Å². The van der Waals surface area contributed by atoms with E-state index in [2.05, 4.69) is 58.4 Å². The molecular weight excluding hydrogens is 422 g/mol. The number of para-hydroxylation sites is 1. The van der Waals surface area contributed by atoms with Crippen LogP contribution in [0.4, 0.5) is 0 Å². The molecular formula is C24H25N5O2S. The number of aromatic nitrogens is 4. The average molecular weight is 448 g/mol. The van der Waals surface area contributed by atoms with Crippen LogP contribution in [-0.4, -0.2) is 49.0 Å². The highest BCUT2D eigenvalue weighted by Crippen LogP contribution is 2.31. The number of rotatable bonds is 6. The van der Waals surface area contributed by atoms with E-state index >= 15 is 0 Å². The number of hydrogen-bond acceptors (Lipinski definition) is 5. The molecule has 0 bridgehead atoms. The van der Waals surface area contributed by atoms with Gasteiger partial charge in [0.15, 0.2) is 16.7 Å². The molecule has 4 aromatic rings. The Bertz CT molecular complexity index is 1290. The van der Waals surface area contributed by atoms with Crippen LogP contribution in [0.1, 0.15) is 18.9 Å². The second-order valence-corrected chi connectivity index (χ2v) is 8.75. The Morgan fingerprint density at radius 3 is 2.81 bits per heavy atom. The Hall–Kier alpha value is -3.26. The smallest absolute Gasteiger partial charge is 0.233 e. The Morgan fingerprint density at radius 1 is 1.19 bits per heavy atom. The summed E-state index contributed by atoms with van der Waals surface area (Å²) in [5.74, 6) is 1.83. The number of amides is 1. The van der Waals surface area contributed by atoms with Crippen molar-refractivity contribution in [3.63, 3.8) is 0 Å². The van der Waals surface area contributed by atoms with E-state index < -0.39 is 0 Å². The highest BCUT2D eigenvalue weighted by molar-refractivity contribution is 7.99. The number of nitrogens with zero attached hydrogens (tertiary/aromatic N) is 5. The van der Waals surface area contributed by atoms with E-state index in [4.69, 9.17) is 4.42 Å². The van der Waals surface area contributed by atoms with Gasteiger partial charge in [-0.25, -0.2) is 0 Å². The molecule has 1 amide bonds. The monoisotopic (exact) mass is 447 g/mol.